The number of hydrogen-bond donors (Lipinski definition) is 1. The second-order valence-electron chi connectivity index (χ2n) is 4.47. The Morgan fingerprint density at radius 1 is 1.05 bits per heavy atom. The molecule has 0 saturated carbocycles. The fourth-order valence-corrected chi connectivity index (χ4v) is 2.34. The number of nitrogens with zero attached hydrogens (tertiary/aromatic N) is 1. The first kappa shape index (κ1) is 12.3. The van der Waals surface area contributed by atoms with E-state index in [1.165, 1.54) is 4.57 Å². The van der Waals surface area contributed by atoms with Gasteiger partial charge in [-0.2, -0.15) is 0 Å². The molecule has 1 aromatic heterocycles. The van der Waals surface area contributed by atoms with Crippen molar-refractivity contribution >= 4 is 16.6 Å². The molecular formula is C16H14N2O2. The molecule has 0 spiro atoms. The molecular weight excluding hydrogens is 252 g/mol. The molecule has 0 bridgehead atoms. The van der Waals surface area contributed by atoms with Crippen LogP contribution in [-0.4, -0.2) is 11.7 Å². The van der Waals surface area contributed by atoms with Gasteiger partial charge in [0.1, 0.15) is 11.6 Å². The number of rotatable bonds is 2. The minimum atomic E-state index is -0.148. The number of para-hydroxylation sites is 2. The van der Waals surface area contributed by atoms with Crippen LogP contribution in [0.15, 0.2) is 59.4 Å². The maximum Gasteiger partial charge on any atom is 0.264 e. The van der Waals surface area contributed by atoms with Gasteiger partial charge in [0, 0.05) is 5.39 Å². The van der Waals surface area contributed by atoms with E-state index in [0.717, 1.165) is 5.39 Å². The van der Waals surface area contributed by atoms with Crippen LogP contribution in [0.1, 0.15) is 0 Å². The number of nitrogens with two attached hydrogens (primary N) is 1. The average Bonchev–Trinajstić information content (AvgIpc) is 2.48. The Hall–Kier alpha value is -2.75. The Morgan fingerprint density at radius 2 is 1.75 bits per heavy atom. The zero-order valence-corrected chi connectivity index (χ0v) is 11.0. The van der Waals surface area contributed by atoms with Gasteiger partial charge in [-0.05, 0) is 29.7 Å². The summed E-state index contributed by atoms with van der Waals surface area (Å²) in [5.41, 5.74) is 6.54. The highest BCUT2D eigenvalue weighted by Gasteiger charge is 2.12. The smallest absolute Gasteiger partial charge is 0.264 e. The van der Waals surface area contributed by atoms with Crippen LogP contribution in [0.2, 0.25) is 0 Å². The fraction of sp³-hybridized carbons (Fsp3) is 0.0625. The Bertz CT molecular complexity index is 837. The molecule has 0 aliphatic carbocycles. The van der Waals surface area contributed by atoms with Gasteiger partial charge in [-0.3, -0.25) is 9.36 Å². The molecule has 0 aliphatic rings. The summed E-state index contributed by atoms with van der Waals surface area (Å²) in [7, 11) is 1.57. The van der Waals surface area contributed by atoms with Crippen LogP contribution in [-0.2, 0) is 0 Å². The molecule has 4 heteroatoms. The normalized spacial score (nSPS) is 10.7. The molecule has 0 radical (unpaired) electrons. The molecule has 3 rings (SSSR count). The van der Waals surface area contributed by atoms with E-state index in [9.17, 15) is 4.79 Å². The Balaban J connectivity index is 2.40. The number of ether oxygens (including phenoxy) is 1. The minimum Gasteiger partial charge on any atom is -0.495 e. The monoisotopic (exact) mass is 266 g/mol. The van der Waals surface area contributed by atoms with Gasteiger partial charge in [0.15, 0.2) is 0 Å². The van der Waals surface area contributed by atoms with Crippen LogP contribution < -0.4 is 16.0 Å². The minimum absolute atomic E-state index is 0.148. The lowest BCUT2D eigenvalue weighted by molar-refractivity contribution is 0.413. The van der Waals surface area contributed by atoms with Crippen LogP contribution >= 0.6 is 0 Å². The quantitative estimate of drug-likeness (QED) is 0.775. The SMILES string of the molecule is COc1ccccc1-n1c(N)cc2ccccc2c1=O. The second kappa shape index (κ2) is 4.74. The number of anilines is 1. The van der Waals surface area contributed by atoms with E-state index in [0.29, 0.717) is 22.6 Å². The van der Waals surface area contributed by atoms with Crippen LogP contribution in [0.25, 0.3) is 16.5 Å². The second-order valence-corrected chi connectivity index (χ2v) is 4.47. The summed E-state index contributed by atoms with van der Waals surface area (Å²) in [5, 5.41) is 1.47. The fourth-order valence-electron chi connectivity index (χ4n) is 2.34. The predicted octanol–water partition coefficient (Wildman–Crippen LogP) is 2.58. The molecule has 0 fully saturated rings. The van der Waals surface area contributed by atoms with Crippen molar-refractivity contribution in [2.45, 2.75) is 0 Å². The first-order chi connectivity index (χ1) is 9.72. The highest BCUT2D eigenvalue weighted by Crippen LogP contribution is 2.24. The Kier molecular flexibility index (Phi) is 2.91. The topological polar surface area (TPSA) is 57.2 Å². The van der Waals surface area contributed by atoms with Crippen LogP contribution in [0, 0.1) is 0 Å². The Labute approximate surface area is 116 Å². The molecule has 100 valence electrons. The summed E-state index contributed by atoms with van der Waals surface area (Å²) in [4.78, 5) is 12.6. The molecule has 0 unspecified atom stereocenters. The lowest BCUT2D eigenvalue weighted by Crippen LogP contribution is -2.21. The van der Waals surface area contributed by atoms with Crippen molar-refractivity contribution < 1.29 is 4.74 Å². The van der Waals surface area contributed by atoms with Crippen molar-refractivity contribution in [1.82, 2.24) is 4.57 Å². The molecule has 20 heavy (non-hydrogen) atoms. The average molecular weight is 266 g/mol. The number of pyridine rings is 1. The third-order valence-corrected chi connectivity index (χ3v) is 3.28. The first-order valence-corrected chi connectivity index (χ1v) is 6.26. The van der Waals surface area contributed by atoms with E-state index in [-0.39, 0.29) is 5.56 Å². The van der Waals surface area contributed by atoms with E-state index >= 15 is 0 Å². The highest BCUT2D eigenvalue weighted by atomic mass is 16.5. The van der Waals surface area contributed by atoms with E-state index in [4.69, 9.17) is 10.5 Å². The molecule has 0 atom stereocenters. The van der Waals surface area contributed by atoms with E-state index in [1.54, 1.807) is 25.3 Å². The van der Waals surface area contributed by atoms with Crippen LogP contribution in [0.5, 0.6) is 5.75 Å². The standard InChI is InChI=1S/C16H14N2O2/c1-20-14-9-5-4-8-13(14)18-15(17)10-11-6-2-3-7-12(11)16(18)19/h2-10H,17H2,1H3. The number of fused-ring (bicyclic) bond motifs is 1. The molecule has 2 aromatic carbocycles. The van der Waals surface area contributed by atoms with Gasteiger partial charge in [-0.15, -0.1) is 0 Å². The molecule has 2 N–H and O–H groups in total. The van der Waals surface area contributed by atoms with Crippen molar-refractivity contribution in [2.75, 3.05) is 12.8 Å². The molecule has 1 heterocycles. The number of methoxy groups -OCH3 is 1. The van der Waals surface area contributed by atoms with Crippen LogP contribution in [0.3, 0.4) is 0 Å². The summed E-state index contributed by atoms with van der Waals surface area (Å²) in [6, 6.07) is 16.5. The van der Waals surface area contributed by atoms with E-state index in [2.05, 4.69) is 0 Å². The van der Waals surface area contributed by atoms with Gasteiger partial charge in [0.05, 0.1) is 12.8 Å². The highest BCUT2D eigenvalue weighted by molar-refractivity contribution is 5.84. The van der Waals surface area contributed by atoms with Gasteiger partial charge < -0.3 is 10.5 Å². The van der Waals surface area contributed by atoms with Gasteiger partial charge in [-0.25, -0.2) is 0 Å². The van der Waals surface area contributed by atoms with Gasteiger partial charge in [0.2, 0.25) is 0 Å². The summed E-state index contributed by atoms with van der Waals surface area (Å²) in [6.07, 6.45) is 0. The molecule has 0 saturated heterocycles. The summed E-state index contributed by atoms with van der Waals surface area (Å²) >= 11 is 0. The van der Waals surface area contributed by atoms with Gasteiger partial charge in [0.25, 0.3) is 5.56 Å². The maximum atomic E-state index is 12.6. The lowest BCUT2D eigenvalue weighted by atomic mass is 10.1. The van der Waals surface area contributed by atoms with Crippen molar-refractivity contribution in [3.8, 4) is 11.4 Å². The first-order valence-electron chi connectivity index (χ1n) is 6.26. The van der Waals surface area contributed by atoms with E-state index < -0.39 is 0 Å². The molecule has 3 aromatic rings. The van der Waals surface area contributed by atoms with Crippen LogP contribution in [0.4, 0.5) is 5.82 Å². The third-order valence-electron chi connectivity index (χ3n) is 3.28. The summed E-state index contributed by atoms with van der Waals surface area (Å²) in [6.45, 7) is 0. The number of hydrogen-bond acceptors (Lipinski definition) is 3. The summed E-state index contributed by atoms with van der Waals surface area (Å²) in [5.74, 6) is 0.995. The van der Waals surface area contributed by atoms with Gasteiger partial charge in [-0.1, -0.05) is 30.3 Å². The van der Waals surface area contributed by atoms with Crippen molar-refractivity contribution in [3.05, 3.63) is 65.0 Å². The van der Waals surface area contributed by atoms with Crippen molar-refractivity contribution in [3.63, 3.8) is 0 Å². The predicted molar refractivity (Wildman–Crippen MR) is 80.5 cm³/mol. The molecule has 4 nitrogen and oxygen atoms in total. The maximum absolute atomic E-state index is 12.6. The number of benzene rings is 2. The third kappa shape index (κ3) is 1.82. The summed E-state index contributed by atoms with van der Waals surface area (Å²) < 4.78 is 6.78. The number of aromatic nitrogens is 1. The van der Waals surface area contributed by atoms with E-state index in [1.807, 2.05) is 36.4 Å². The molecule has 0 amide bonds. The zero-order valence-electron chi connectivity index (χ0n) is 11.0. The van der Waals surface area contributed by atoms with Crippen molar-refractivity contribution in [2.24, 2.45) is 0 Å². The largest absolute Gasteiger partial charge is 0.495 e. The van der Waals surface area contributed by atoms with Crippen molar-refractivity contribution in [1.29, 1.82) is 0 Å². The van der Waals surface area contributed by atoms with Gasteiger partial charge >= 0.3 is 0 Å². The lowest BCUT2D eigenvalue weighted by Gasteiger charge is -2.14. The zero-order chi connectivity index (χ0) is 14.1. The molecule has 0 aliphatic heterocycles. The number of nitrogen functional groups attached to an aromatic ring is 1. The Morgan fingerprint density at radius 3 is 2.55 bits per heavy atom.